The zero-order valence-corrected chi connectivity index (χ0v) is 10.5. The van der Waals surface area contributed by atoms with E-state index in [0.717, 1.165) is 12.0 Å². The summed E-state index contributed by atoms with van der Waals surface area (Å²) in [6.07, 6.45) is 1.04. The maximum Gasteiger partial charge on any atom is 0.240 e. The highest BCUT2D eigenvalue weighted by Crippen LogP contribution is 2.15. The smallest absolute Gasteiger partial charge is 0.240 e. The summed E-state index contributed by atoms with van der Waals surface area (Å²) in [6, 6.07) is 6.43. The molecule has 0 bridgehead atoms. The Morgan fingerprint density at radius 2 is 2.06 bits per heavy atom. The van der Waals surface area contributed by atoms with Crippen molar-refractivity contribution in [3.05, 3.63) is 36.0 Å². The van der Waals surface area contributed by atoms with Gasteiger partial charge in [-0.05, 0) is 37.6 Å². The number of halogens is 1. The Morgan fingerprint density at radius 3 is 2.72 bits per heavy atom. The molecule has 1 heterocycles. The first-order valence-electron chi connectivity index (χ1n) is 6.01. The zero-order chi connectivity index (χ0) is 13.0. The molecular weight excluding hydrogens is 233 g/mol. The van der Waals surface area contributed by atoms with Crippen molar-refractivity contribution in [2.45, 2.75) is 32.9 Å². The Kier molecular flexibility index (Phi) is 4.04. The lowest BCUT2D eigenvalue weighted by atomic mass is 10.2. The predicted molar refractivity (Wildman–Crippen MR) is 66.3 cm³/mol. The van der Waals surface area contributed by atoms with Gasteiger partial charge in [0.25, 0.3) is 0 Å². The van der Waals surface area contributed by atoms with Crippen molar-refractivity contribution in [2.24, 2.45) is 0 Å². The van der Waals surface area contributed by atoms with Crippen molar-refractivity contribution in [2.75, 3.05) is 0 Å². The molecule has 0 radical (unpaired) electrons. The summed E-state index contributed by atoms with van der Waals surface area (Å²) in [7, 11) is 0. The number of hydrogen-bond donors (Lipinski definition) is 1. The third kappa shape index (κ3) is 3.13. The molecule has 0 fully saturated rings. The minimum absolute atomic E-state index is 0.277. The zero-order valence-electron chi connectivity index (χ0n) is 10.5. The molecule has 1 unspecified atom stereocenters. The van der Waals surface area contributed by atoms with E-state index in [9.17, 15) is 4.39 Å². The van der Waals surface area contributed by atoms with Crippen LogP contribution in [0.3, 0.4) is 0 Å². The first-order chi connectivity index (χ1) is 8.69. The van der Waals surface area contributed by atoms with Gasteiger partial charge >= 0.3 is 0 Å². The van der Waals surface area contributed by atoms with Crippen molar-refractivity contribution < 1.29 is 8.91 Å². The highest BCUT2D eigenvalue weighted by molar-refractivity contribution is 5.53. The molecule has 1 N–H and O–H groups in total. The van der Waals surface area contributed by atoms with Crippen LogP contribution in [0.15, 0.2) is 28.8 Å². The molecule has 18 heavy (non-hydrogen) atoms. The number of aromatic nitrogens is 2. The second-order valence-corrected chi connectivity index (χ2v) is 4.21. The first kappa shape index (κ1) is 12.7. The van der Waals surface area contributed by atoms with Gasteiger partial charge in [-0.2, -0.15) is 4.98 Å². The predicted octanol–water partition coefficient (Wildman–Crippen LogP) is 2.76. The molecule has 96 valence electrons. The quantitative estimate of drug-likeness (QED) is 0.885. The van der Waals surface area contributed by atoms with E-state index in [1.807, 2.05) is 0 Å². The van der Waals surface area contributed by atoms with Crippen LogP contribution < -0.4 is 5.32 Å². The second kappa shape index (κ2) is 5.73. The second-order valence-electron chi connectivity index (χ2n) is 4.21. The lowest BCUT2D eigenvalue weighted by molar-refractivity contribution is 0.358. The molecule has 2 rings (SSSR count). The molecular formula is C13H16FN3O. The summed E-state index contributed by atoms with van der Waals surface area (Å²) in [4.78, 5) is 4.25. The van der Waals surface area contributed by atoms with Crippen LogP contribution in [0.4, 0.5) is 4.39 Å². The van der Waals surface area contributed by atoms with Crippen molar-refractivity contribution in [3.8, 4) is 11.4 Å². The van der Waals surface area contributed by atoms with Gasteiger partial charge in [-0.3, -0.25) is 0 Å². The summed E-state index contributed by atoms with van der Waals surface area (Å²) < 4.78 is 17.9. The van der Waals surface area contributed by atoms with Crippen LogP contribution in [0, 0.1) is 5.82 Å². The summed E-state index contributed by atoms with van der Waals surface area (Å²) in [5.41, 5.74) is 0.745. The van der Waals surface area contributed by atoms with E-state index in [1.165, 1.54) is 12.1 Å². The Bertz CT molecular complexity index is 495. The lowest BCUT2D eigenvalue weighted by Gasteiger charge is -2.07. The Labute approximate surface area is 105 Å². The van der Waals surface area contributed by atoms with Crippen molar-refractivity contribution in [1.82, 2.24) is 15.5 Å². The third-order valence-electron chi connectivity index (χ3n) is 2.78. The van der Waals surface area contributed by atoms with Crippen LogP contribution in [0.1, 0.15) is 26.2 Å². The van der Waals surface area contributed by atoms with Gasteiger partial charge in [-0.15, -0.1) is 0 Å². The SMILES string of the molecule is CCC(C)NCc1nc(-c2ccc(F)cc2)no1. The maximum atomic E-state index is 12.8. The average molecular weight is 249 g/mol. The van der Waals surface area contributed by atoms with E-state index < -0.39 is 0 Å². The van der Waals surface area contributed by atoms with Crippen molar-refractivity contribution >= 4 is 0 Å². The van der Waals surface area contributed by atoms with Crippen LogP contribution in [0.2, 0.25) is 0 Å². The van der Waals surface area contributed by atoms with E-state index in [-0.39, 0.29) is 5.82 Å². The number of nitrogens with one attached hydrogen (secondary N) is 1. The molecule has 0 amide bonds. The van der Waals surface area contributed by atoms with Crippen molar-refractivity contribution in [1.29, 1.82) is 0 Å². The Morgan fingerprint density at radius 1 is 1.33 bits per heavy atom. The average Bonchev–Trinajstić information content (AvgIpc) is 2.85. The summed E-state index contributed by atoms with van der Waals surface area (Å²) in [5.74, 6) is 0.742. The van der Waals surface area contributed by atoms with Gasteiger partial charge in [-0.25, -0.2) is 4.39 Å². The van der Waals surface area contributed by atoms with Gasteiger partial charge in [0.15, 0.2) is 0 Å². The van der Waals surface area contributed by atoms with E-state index in [4.69, 9.17) is 4.52 Å². The molecule has 1 atom stereocenters. The molecule has 0 saturated heterocycles. The van der Waals surface area contributed by atoms with Gasteiger partial charge in [0.05, 0.1) is 6.54 Å². The fourth-order valence-electron chi connectivity index (χ4n) is 1.45. The third-order valence-corrected chi connectivity index (χ3v) is 2.78. The fourth-order valence-corrected chi connectivity index (χ4v) is 1.45. The largest absolute Gasteiger partial charge is 0.338 e. The monoisotopic (exact) mass is 249 g/mol. The number of nitrogens with zero attached hydrogens (tertiary/aromatic N) is 2. The number of benzene rings is 1. The van der Waals surface area contributed by atoms with Crippen LogP contribution >= 0.6 is 0 Å². The molecule has 1 aromatic heterocycles. The van der Waals surface area contributed by atoms with Gasteiger partial charge in [0.1, 0.15) is 5.82 Å². The Balaban J connectivity index is 2.03. The molecule has 0 aliphatic carbocycles. The first-order valence-corrected chi connectivity index (χ1v) is 6.01. The summed E-state index contributed by atoms with van der Waals surface area (Å²) in [5, 5.41) is 7.14. The fraction of sp³-hybridized carbons (Fsp3) is 0.385. The molecule has 0 aliphatic rings. The number of hydrogen-bond acceptors (Lipinski definition) is 4. The highest BCUT2D eigenvalue weighted by Gasteiger charge is 2.09. The van der Waals surface area contributed by atoms with E-state index in [2.05, 4.69) is 29.3 Å². The van der Waals surface area contributed by atoms with Crippen LogP contribution in [-0.2, 0) is 6.54 Å². The normalized spacial score (nSPS) is 12.6. The van der Waals surface area contributed by atoms with Crippen LogP contribution in [0.25, 0.3) is 11.4 Å². The van der Waals surface area contributed by atoms with Gasteiger partial charge in [0.2, 0.25) is 11.7 Å². The summed E-state index contributed by atoms with van der Waals surface area (Å²) in [6.45, 7) is 4.75. The minimum Gasteiger partial charge on any atom is -0.338 e. The Hall–Kier alpha value is -1.75. The van der Waals surface area contributed by atoms with Crippen molar-refractivity contribution in [3.63, 3.8) is 0 Å². The van der Waals surface area contributed by atoms with Gasteiger partial charge in [0, 0.05) is 11.6 Å². The van der Waals surface area contributed by atoms with Gasteiger partial charge in [-0.1, -0.05) is 12.1 Å². The molecule has 0 aliphatic heterocycles. The van der Waals surface area contributed by atoms with Crippen LogP contribution in [-0.4, -0.2) is 16.2 Å². The molecule has 5 heteroatoms. The molecule has 1 aromatic carbocycles. The van der Waals surface area contributed by atoms with Crippen LogP contribution in [0.5, 0.6) is 0 Å². The molecule has 0 saturated carbocycles. The van der Waals surface area contributed by atoms with E-state index >= 15 is 0 Å². The standard InChI is InChI=1S/C13H16FN3O/c1-3-9(2)15-8-12-16-13(17-18-12)10-4-6-11(14)7-5-10/h4-7,9,15H,3,8H2,1-2H3. The topological polar surface area (TPSA) is 51.0 Å². The van der Waals surface area contributed by atoms with E-state index in [1.54, 1.807) is 12.1 Å². The molecule has 0 spiro atoms. The van der Waals surface area contributed by atoms with Gasteiger partial charge < -0.3 is 9.84 Å². The lowest BCUT2D eigenvalue weighted by Crippen LogP contribution is -2.24. The van der Waals surface area contributed by atoms with E-state index in [0.29, 0.717) is 24.3 Å². The highest BCUT2D eigenvalue weighted by atomic mass is 19.1. The minimum atomic E-state index is -0.277. The molecule has 2 aromatic rings. The summed E-state index contributed by atoms with van der Waals surface area (Å²) >= 11 is 0. The maximum absolute atomic E-state index is 12.8. The molecule has 4 nitrogen and oxygen atoms in total. The number of rotatable bonds is 5.